The van der Waals surface area contributed by atoms with Crippen molar-refractivity contribution in [1.29, 1.82) is 0 Å². The summed E-state index contributed by atoms with van der Waals surface area (Å²) in [5, 5.41) is 26.5. The van der Waals surface area contributed by atoms with Crippen LogP contribution in [0.15, 0.2) is 0 Å². The maximum Gasteiger partial charge on any atom is 0.317 e. The molecule has 0 bridgehead atoms. The molecule has 0 aliphatic heterocycles. The van der Waals surface area contributed by atoms with E-state index in [1.165, 1.54) is 0 Å². The van der Waals surface area contributed by atoms with Gasteiger partial charge in [0.15, 0.2) is 0 Å². The summed E-state index contributed by atoms with van der Waals surface area (Å²) < 4.78 is 0. The lowest BCUT2D eigenvalue weighted by Crippen LogP contribution is -2.39. The molecule has 0 spiro atoms. The fourth-order valence-electron chi connectivity index (χ4n) is 1.42. The van der Waals surface area contributed by atoms with Crippen molar-refractivity contribution in [2.45, 2.75) is 18.9 Å². The highest BCUT2D eigenvalue weighted by molar-refractivity contribution is 5.69. The molecule has 0 heterocycles. The standard InChI is InChI=1S/C9H17NO4/c11-6-8(12)4-10(5-9(13)14)3-7-1-2-7/h7-8,11-12H,1-6H2,(H,13,14). The summed E-state index contributed by atoms with van der Waals surface area (Å²) in [5.41, 5.74) is 0. The van der Waals surface area contributed by atoms with Crippen molar-refractivity contribution in [3.63, 3.8) is 0 Å². The number of carbonyl (C=O) groups is 1. The van der Waals surface area contributed by atoms with Crippen LogP contribution in [-0.2, 0) is 4.79 Å². The zero-order valence-corrected chi connectivity index (χ0v) is 8.09. The average molecular weight is 203 g/mol. The number of carboxylic acid groups (broad SMARTS) is 1. The van der Waals surface area contributed by atoms with Crippen molar-refractivity contribution in [2.24, 2.45) is 5.92 Å². The number of nitrogens with zero attached hydrogens (tertiary/aromatic N) is 1. The largest absolute Gasteiger partial charge is 0.480 e. The molecule has 0 saturated heterocycles. The Hall–Kier alpha value is -0.650. The van der Waals surface area contributed by atoms with Crippen molar-refractivity contribution < 1.29 is 20.1 Å². The molecule has 0 radical (unpaired) electrons. The van der Waals surface area contributed by atoms with E-state index in [9.17, 15) is 9.90 Å². The van der Waals surface area contributed by atoms with Gasteiger partial charge in [0.05, 0.1) is 19.3 Å². The number of carboxylic acids is 1. The summed E-state index contributed by atoms with van der Waals surface area (Å²) >= 11 is 0. The van der Waals surface area contributed by atoms with E-state index in [0.717, 1.165) is 12.8 Å². The topological polar surface area (TPSA) is 81.0 Å². The van der Waals surface area contributed by atoms with Gasteiger partial charge in [-0.05, 0) is 18.8 Å². The molecule has 5 nitrogen and oxygen atoms in total. The fraction of sp³-hybridized carbons (Fsp3) is 0.889. The first kappa shape index (κ1) is 11.4. The normalized spacial score (nSPS) is 18.5. The van der Waals surface area contributed by atoms with Gasteiger partial charge < -0.3 is 15.3 Å². The van der Waals surface area contributed by atoms with Crippen LogP contribution in [0.1, 0.15) is 12.8 Å². The van der Waals surface area contributed by atoms with E-state index in [4.69, 9.17) is 10.2 Å². The van der Waals surface area contributed by atoms with Crippen LogP contribution in [0.4, 0.5) is 0 Å². The lowest BCUT2D eigenvalue weighted by atomic mass is 10.3. The first-order valence-corrected chi connectivity index (χ1v) is 4.85. The lowest BCUT2D eigenvalue weighted by Gasteiger charge is -2.22. The Balaban J connectivity index is 2.30. The third-order valence-corrected chi connectivity index (χ3v) is 2.25. The maximum absolute atomic E-state index is 10.5. The van der Waals surface area contributed by atoms with Gasteiger partial charge in [0.1, 0.15) is 0 Å². The van der Waals surface area contributed by atoms with Crippen LogP contribution < -0.4 is 0 Å². The van der Waals surface area contributed by atoms with E-state index in [1.54, 1.807) is 4.90 Å². The molecule has 1 aliphatic carbocycles. The molecule has 14 heavy (non-hydrogen) atoms. The number of aliphatic hydroxyl groups excluding tert-OH is 2. The Morgan fingerprint density at radius 3 is 2.57 bits per heavy atom. The molecular weight excluding hydrogens is 186 g/mol. The van der Waals surface area contributed by atoms with Gasteiger partial charge in [-0.25, -0.2) is 0 Å². The lowest BCUT2D eigenvalue weighted by molar-refractivity contribution is -0.138. The Bertz CT molecular complexity index is 193. The van der Waals surface area contributed by atoms with E-state index in [-0.39, 0.29) is 19.7 Å². The minimum Gasteiger partial charge on any atom is -0.480 e. The van der Waals surface area contributed by atoms with Crippen molar-refractivity contribution in [3.05, 3.63) is 0 Å². The summed E-state index contributed by atoms with van der Waals surface area (Å²) in [6.45, 7) is 0.566. The van der Waals surface area contributed by atoms with Gasteiger partial charge >= 0.3 is 5.97 Å². The molecule has 0 aromatic rings. The molecule has 1 atom stereocenters. The van der Waals surface area contributed by atoms with Crippen molar-refractivity contribution in [2.75, 3.05) is 26.2 Å². The van der Waals surface area contributed by atoms with E-state index in [2.05, 4.69) is 0 Å². The van der Waals surface area contributed by atoms with Crippen LogP contribution >= 0.6 is 0 Å². The van der Waals surface area contributed by atoms with Gasteiger partial charge in [-0.2, -0.15) is 0 Å². The van der Waals surface area contributed by atoms with Crippen LogP contribution in [0, 0.1) is 5.92 Å². The molecule has 1 unspecified atom stereocenters. The van der Waals surface area contributed by atoms with Crippen molar-refractivity contribution >= 4 is 5.97 Å². The zero-order valence-electron chi connectivity index (χ0n) is 8.09. The third-order valence-electron chi connectivity index (χ3n) is 2.25. The predicted octanol–water partition coefficient (Wildman–Crippen LogP) is -0.864. The summed E-state index contributed by atoms with van der Waals surface area (Å²) in [7, 11) is 0. The number of hydrogen-bond donors (Lipinski definition) is 3. The van der Waals surface area contributed by atoms with Crippen LogP contribution in [0.5, 0.6) is 0 Å². The predicted molar refractivity (Wildman–Crippen MR) is 49.9 cm³/mol. The highest BCUT2D eigenvalue weighted by Crippen LogP contribution is 2.29. The Morgan fingerprint density at radius 2 is 2.14 bits per heavy atom. The van der Waals surface area contributed by atoms with Gasteiger partial charge in [0.25, 0.3) is 0 Å². The first-order chi connectivity index (χ1) is 6.61. The van der Waals surface area contributed by atoms with Gasteiger partial charge in [-0.1, -0.05) is 0 Å². The molecule has 3 N–H and O–H groups in total. The highest BCUT2D eigenvalue weighted by Gasteiger charge is 2.26. The number of aliphatic carboxylic acids is 1. The zero-order chi connectivity index (χ0) is 10.6. The van der Waals surface area contributed by atoms with Crippen LogP contribution in [-0.4, -0.2) is 58.5 Å². The van der Waals surface area contributed by atoms with Gasteiger partial charge in [-0.15, -0.1) is 0 Å². The van der Waals surface area contributed by atoms with E-state index in [0.29, 0.717) is 12.5 Å². The monoisotopic (exact) mass is 203 g/mol. The van der Waals surface area contributed by atoms with E-state index < -0.39 is 12.1 Å². The molecule has 1 fully saturated rings. The van der Waals surface area contributed by atoms with E-state index >= 15 is 0 Å². The van der Waals surface area contributed by atoms with E-state index in [1.807, 2.05) is 0 Å². The molecule has 0 amide bonds. The molecule has 0 aromatic carbocycles. The summed E-state index contributed by atoms with van der Waals surface area (Å²) in [6.07, 6.45) is 1.45. The molecule has 82 valence electrons. The Kier molecular flexibility index (Phi) is 4.31. The molecule has 1 rings (SSSR count). The molecule has 1 aliphatic rings. The fourth-order valence-corrected chi connectivity index (χ4v) is 1.42. The SMILES string of the molecule is O=C(O)CN(CC(O)CO)CC1CC1. The number of aliphatic hydroxyl groups is 2. The number of rotatable bonds is 7. The second-order valence-corrected chi connectivity index (χ2v) is 3.87. The van der Waals surface area contributed by atoms with Crippen molar-refractivity contribution in [1.82, 2.24) is 4.90 Å². The minimum atomic E-state index is -0.893. The second kappa shape index (κ2) is 5.29. The molecule has 1 saturated carbocycles. The minimum absolute atomic E-state index is 0.0619. The van der Waals surface area contributed by atoms with Gasteiger partial charge in [0.2, 0.25) is 0 Å². The summed E-state index contributed by atoms with van der Waals surface area (Å²) in [5.74, 6) is -0.309. The molecule has 0 aromatic heterocycles. The number of hydrogen-bond acceptors (Lipinski definition) is 4. The smallest absolute Gasteiger partial charge is 0.317 e. The second-order valence-electron chi connectivity index (χ2n) is 3.87. The average Bonchev–Trinajstić information content (AvgIpc) is 2.86. The first-order valence-electron chi connectivity index (χ1n) is 4.85. The van der Waals surface area contributed by atoms with Gasteiger partial charge in [0, 0.05) is 13.1 Å². The third kappa shape index (κ3) is 4.55. The Labute approximate surface area is 83.0 Å². The van der Waals surface area contributed by atoms with Crippen LogP contribution in [0.25, 0.3) is 0 Å². The quantitative estimate of drug-likeness (QED) is 0.501. The Morgan fingerprint density at radius 1 is 1.50 bits per heavy atom. The van der Waals surface area contributed by atoms with Crippen molar-refractivity contribution in [3.8, 4) is 0 Å². The summed E-state index contributed by atoms with van der Waals surface area (Å²) in [4.78, 5) is 12.2. The molecule has 5 heteroatoms. The van der Waals surface area contributed by atoms with Crippen LogP contribution in [0.3, 0.4) is 0 Å². The summed E-state index contributed by atoms with van der Waals surface area (Å²) in [6, 6.07) is 0. The molecular formula is C9H17NO4. The highest BCUT2D eigenvalue weighted by atomic mass is 16.4. The van der Waals surface area contributed by atoms with Gasteiger partial charge in [-0.3, -0.25) is 9.69 Å². The van der Waals surface area contributed by atoms with Crippen LogP contribution in [0.2, 0.25) is 0 Å². The maximum atomic E-state index is 10.5.